The maximum atomic E-state index is 13.9. The van der Waals surface area contributed by atoms with Crippen molar-refractivity contribution in [3.8, 4) is 11.5 Å². The molecule has 2 aromatic rings. The Hall–Kier alpha value is -3.75. The largest absolute Gasteiger partial charge is 0.454 e. The van der Waals surface area contributed by atoms with Gasteiger partial charge in [0.2, 0.25) is 12.7 Å². The highest BCUT2D eigenvalue weighted by Crippen LogP contribution is 2.40. The molecule has 9 nitrogen and oxygen atoms in total. The first kappa shape index (κ1) is 23.6. The number of rotatable bonds is 4. The molecule has 0 bridgehead atoms. The Labute approximate surface area is 216 Å². The van der Waals surface area contributed by atoms with Crippen molar-refractivity contribution in [3.63, 3.8) is 0 Å². The second kappa shape index (κ2) is 9.61. The van der Waals surface area contributed by atoms with Gasteiger partial charge in [-0.2, -0.15) is 0 Å². The second-order valence-corrected chi connectivity index (χ2v) is 10.2. The van der Waals surface area contributed by atoms with Crippen molar-refractivity contribution in [3.05, 3.63) is 54.1 Å². The molecule has 4 aliphatic heterocycles. The molecular weight excluding hydrogens is 472 g/mol. The van der Waals surface area contributed by atoms with Crippen LogP contribution in [0.4, 0.5) is 5.69 Å². The summed E-state index contributed by atoms with van der Waals surface area (Å²) in [6, 6.07) is 15.1. The summed E-state index contributed by atoms with van der Waals surface area (Å²) in [4.78, 5) is 47.8. The number of hydrogen-bond donors (Lipinski definition) is 0. The summed E-state index contributed by atoms with van der Waals surface area (Å²) >= 11 is 0. The van der Waals surface area contributed by atoms with Gasteiger partial charge in [-0.05, 0) is 62.4 Å². The number of benzene rings is 2. The lowest BCUT2D eigenvalue weighted by Gasteiger charge is -2.43. The van der Waals surface area contributed by atoms with E-state index in [9.17, 15) is 14.4 Å². The molecule has 0 radical (unpaired) electrons. The number of anilines is 1. The lowest BCUT2D eigenvalue weighted by Crippen LogP contribution is -2.57. The molecule has 0 aromatic heterocycles. The van der Waals surface area contributed by atoms with E-state index < -0.39 is 5.54 Å². The number of likely N-dealkylation sites (tertiary alicyclic amines) is 2. The van der Waals surface area contributed by atoms with Crippen molar-refractivity contribution in [1.82, 2.24) is 14.7 Å². The molecule has 3 saturated heterocycles. The van der Waals surface area contributed by atoms with Crippen molar-refractivity contribution in [2.24, 2.45) is 0 Å². The number of hydrogen-bond acceptors (Lipinski definition) is 6. The summed E-state index contributed by atoms with van der Waals surface area (Å²) < 4.78 is 10.8. The van der Waals surface area contributed by atoms with Gasteiger partial charge in [0.25, 0.3) is 11.8 Å². The van der Waals surface area contributed by atoms with E-state index in [2.05, 4.69) is 4.90 Å². The minimum atomic E-state index is -0.769. The SMILES string of the molecule is O=C(CN1CN(c2ccccc2)C2(CCN(C(=O)c3ccc4c(c3)OCO4)CC2)C1=O)N1CCCCC1. The number of ether oxygens (including phenoxy) is 2. The van der Waals surface area contributed by atoms with Gasteiger partial charge in [0.15, 0.2) is 11.5 Å². The number of carbonyl (C=O) groups excluding carboxylic acids is 3. The molecule has 6 rings (SSSR count). The summed E-state index contributed by atoms with van der Waals surface area (Å²) in [5, 5.41) is 0. The maximum absolute atomic E-state index is 13.9. The molecule has 0 saturated carbocycles. The molecule has 194 valence electrons. The standard InChI is InChI=1S/C28H32N4O5/c33-25(29-13-5-2-6-14-29)18-31-19-32(22-7-3-1-4-8-22)28(27(31)35)11-15-30(16-12-28)26(34)21-9-10-23-24(17-21)37-20-36-23/h1,3-4,7-10,17H,2,5-6,11-16,18-20H2. The molecule has 0 unspecified atom stereocenters. The molecule has 1 spiro atoms. The lowest BCUT2D eigenvalue weighted by atomic mass is 9.85. The zero-order chi connectivity index (χ0) is 25.4. The quantitative estimate of drug-likeness (QED) is 0.637. The maximum Gasteiger partial charge on any atom is 0.253 e. The molecule has 4 aliphatic rings. The minimum Gasteiger partial charge on any atom is -0.454 e. The predicted octanol–water partition coefficient (Wildman–Crippen LogP) is 2.71. The van der Waals surface area contributed by atoms with Gasteiger partial charge in [-0.25, -0.2) is 0 Å². The van der Waals surface area contributed by atoms with Crippen LogP contribution in [0.5, 0.6) is 11.5 Å². The van der Waals surface area contributed by atoms with Crippen molar-refractivity contribution < 1.29 is 23.9 Å². The van der Waals surface area contributed by atoms with E-state index in [0.29, 0.717) is 49.7 Å². The van der Waals surface area contributed by atoms with E-state index >= 15 is 0 Å². The molecule has 3 fully saturated rings. The van der Waals surface area contributed by atoms with Crippen LogP contribution in [0, 0.1) is 0 Å². The van der Waals surface area contributed by atoms with E-state index in [0.717, 1.165) is 38.0 Å². The summed E-state index contributed by atoms with van der Waals surface area (Å²) in [6.45, 7) is 3.08. The first-order valence-electron chi connectivity index (χ1n) is 13.1. The Balaban J connectivity index is 1.20. The van der Waals surface area contributed by atoms with Crippen LogP contribution in [-0.4, -0.2) is 84.1 Å². The van der Waals surface area contributed by atoms with Crippen molar-refractivity contribution in [1.29, 1.82) is 0 Å². The average Bonchev–Trinajstić information content (AvgIpc) is 3.52. The first-order valence-corrected chi connectivity index (χ1v) is 13.1. The normalized spacial score (nSPS) is 20.6. The van der Waals surface area contributed by atoms with Crippen LogP contribution in [0.25, 0.3) is 0 Å². The molecule has 2 aromatic carbocycles. The van der Waals surface area contributed by atoms with Crippen LogP contribution in [0.1, 0.15) is 42.5 Å². The van der Waals surface area contributed by atoms with Gasteiger partial charge in [0.05, 0.1) is 6.67 Å². The van der Waals surface area contributed by atoms with E-state index in [1.54, 1.807) is 28.0 Å². The topological polar surface area (TPSA) is 82.6 Å². The Morgan fingerprint density at radius 3 is 2.32 bits per heavy atom. The molecular formula is C28H32N4O5. The predicted molar refractivity (Wildman–Crippen MR) is 136 cm³/mol. The molecule has 37 heavy (non-hydrogen) atoms. The second-order valence-electron chi connectivity index (χ2n) is 10.2. The Morgan fingerprint density at radius 2 is 1.57 bits per heavy atom. The highest BCUT2D eigenvalue weighted by atomic mass is 16.7. The van der Waals surface area contributed by atoms with Crippen LogP contribution in [0.2, 0.25) is 0 Å². The zero-order valence-electron chi connectivity index (χ0n) is 20.9. The number of carbonyl (C=O) groups is 3. The van der Waals surface area contributed by atoms with Gasteiger partial charge >= 0.3 is 0 Å². The number of piperidine rings is 2. The Bertz CT molecular complexity index is 1190. The smallest absolute Gasteiger partial charge is 0.253 e. The first-order chi connectivity index (χ1) is 18.0. The van der Waals surface area contributed by atoms with Gasteiger partial charge < -0.3 is 29.1 Å². The fourth-order valence-electron chi connectivity index (χ4n) is 6.02. The Kier molecular flexibility index (Phi) is 6.14. The molecule has 0 aliphatic carbocycles. The molecule has 0 N–H and O–H groups in total. The van der Waals surface area contributed by atoms with Gasteiger partial charge in [0.1, 0.15) is 12.1 Å². The van der Waals surface area contributed by atoms with Gasteiger partial charge in [-0.3, -0.25) is 14.4 Å². The summed E-state index contributed by atoms with van der Waals surface area (Å²) in [5.41, 5.74) is 0.737. The number of amides is 3. The van der Waals surface area contributed by atoms with E-state index in [4.69, 9.17) is 9.47 Å². The third-order valence-corrected chi connectivity index (χ3v) is 8.11. The number of fused-ring (bicyclic) bond motifs is 1. The summed E-state index contributed by atoms with van der Waals surface area (Å²) in [7, 11) is 0. The highest BCUT2D eigenvalue weighted by Gasteiger charge is 2.54. The van der Waals surface area contributed by atoms with E-state index in [1.165, 1.54) is 0 Å². The average molecular weight is 505 g/mol. The van der Waals surface area contributed by atoms with Crippen molar-refractivity contribution in [2.75, 3.05) is 51.1 Å². The fourth-order valence-corrected chi connectivity index (χ4v) is 6.02. The van der Waals surface area contributed by atoms with Gasteiger partial charge in [-0.15, -0.1) is 0 Å². The van der Waals surface area contributed by atoms with Crippen LogP contribution in [0.3, 0.4) is 0 Å². The molecule has 3 amide bonds. The monoisotopic (exact) mass is 504 g/mol. The summed E-state index contributed by atoms with van der Waals surface area (Å²) in [5.74, 6) is 1.14. The van der Waals surface area contributed by atoms with Crippen molar-refractivity contribution in [2.45, 2.75) is 37.6 Å². The minimum absolute atomic E-state index is 0.0168. The van der Waals surface area contributed by atoms with E-state index in [-0.39, 0.29) is 31.1 Å². The zero-order valence-corrected chi connectivity index (χ0v) is 20.9. The van der Waals surface area contributed by atoms with Crippen LogP contribution in [-0.2, 0) is 9.59 Å². The third-order valence-electron chi connectivity index (χ3n) is 8.11. The van der Waals surface area contributed by atoms with Crippen LogP contribution >= 0.6 is 0 Å². The van der Waals surface area contributed by atoms with Crippen molar-refractivity contribution >= 4 is 23.4 Å². The third kappa shape index (κ3) is 4.26. The van der Waals surface area contributed by atoms with Crippen LogP contribution < -0.4 is 14.4 Å². The van der Waals surface area contributed by atoms with Gasteiger partial charge in [0, 0.05) is 37.4 Å². The Morgan fingerprint density at radius 1 is 0.838 bits per heavy atom. The molecule has 9 heteroatoms. The molecule has 4 heterocycles. The number of nitrogens with zero attached hydrogens (tertiary/aromatic N) is 4. The highest BCUT2D eigenvalue weighted by molar-refractivity contribution is 5.98. The van der Waals surface area contributed by atoms with Crippen LogP contribution in [0.15, 0.2) is 48.5 Å². The number of para-hydroxylation sites is 1. The fraction of sp³-hybridized carbons (Fsp3) is 0.464. The van der Waals surface area contributed by atoms with Gasteiger partial charge in [-0.1, -0.05) is 18.2 Å². The lowest BCUT2D eigenvalue weighted by molar-refractivity contribution is -0.141. The summed E-state index contributed by atoms with van der Waals surface area (Å²) in [6.07, 6.45) is 4.20. The molecule has 0 atom stereocenters. The van der Waals surface area contributed by atoms with E-state index in [1.807, 2.05) is 35.2 Å².